The quantitative estimate of drug-likeness (QED) is 0.651. The summed E-state index contributed by atoms with van der Waals surface area (Å²) in [6, 6.07) is 1.81. The minimum atomic E-state index is 0.903. The molecule has 0 amide bonds. The molecule has 0 N–H and O–H groups in total. The lowest BCUT2D eigenvalue weighted by Crippen LogP contribution is -2.68. The summed E-state index contributed by atoms with van der Waals surface area (Å²) in [5.41, 5.74) is 0. The van der Waals surface area contributed by atoms with Gasteiger partial charge in [0.05, 0.1) is 0 Å². The Morgan fingerprint density at radius 3 is 2.38 bits per heavy atom. The van der Waals surface area contributed by atoms with Crippen molar-refractivity contribution in [2.24, 2.45) is 0 Å². The Hall–Kier alpha value is -0.0800. The van der Waals surface area contributed by atoms with Gasteiger partial charge in [-0.25, -0.2) is 0 Å². The third-order valence-electron chi connectivity index (χ3n) is 3.61. The van der Waals surface area contributed by atoms with Crippen LogP contribution in [0.15, 0.2) is 0 Å². The molecular formula is C11H22N2. The van der Waals surface area contributed by atoms with E-state index >= 15 is 0 Å². The largest absolute Gasteiger partial charge is 0.300 e. The molecule has 3 rings (SSSR count). The van der Waals surface area contributed by atoms with Crippen LogP contribution in [-0.4, -0.2) is 48.1 Å². The molecule has 0 aliphatic carbocycles. The Balaban J connectivity index is 1.76. The van der Waals surface area contributed by atoms with Gasteiger partial charge in [-0.3, -0.25) is 4.90 Å². The van der Waals surface area contributed by atoms with E-state index in [1.165, 1.54) is 45.4 Å². The molecule has 76 valence electrons. The molecule has 3 saturated heterocycles. The number of likely N-dealkylation sites (N-methyl/N-ethyl adjacent to an activating group) is 1. The van der Waals surface area contributed by atoms with Crippen molar-refractivity contribution >= 4 is 0 Å². The standard InChI is InChI=1S/C11H22N2/c1-3-5-6-12-8-10-7-11(9-12)13(10)4-2/h10-11H,3-9H2,1-2H3. The van der Waals surface area contributed by atoms with Crippen molar-refractivity contribution in [2.45, 2.75) is 45.2 Å². The number of unbranched alkanes of at least 4 members (excludes halogenated alkanes) is 1. The summed E-state index contributed by atoms with van der Waals surface area (Å²) < 4.78 is 0. The number of nitrogens with zero attached hydrogens (tertiary/aromatic N) is 2. The molecular weight excluding hydrogens is 160 g/mol. The van der Waals surface area contributed by atoms with Crippen molar-refractivity contribution in [1.29, 1.82) is 0 Å². The van der Waals surface area contributed by atoms with Crippen LogP contribution in [0.1, 0.15) is 33.1 Å². The van der Waals surface area contributed by atoms with Crippen LogP contribution >= 0.6 is 0 Å². The summed E-state index contributed by atoms with van der Waals surface area (Å²) in [5, 5.41) is 0. The summed E-state index contributed by atoms with van der Waals surface area (Å²) in [6.45, 7) is 9.84. The second-order valence-electron chi connectivity index (χ2n) is 4.49. The molecule has 3 heterocycles. The molecule has 0 aromatic heterocycles. The summed E-state index contributed by atoms with van der Waals surface area (Å²) in [4.78, 5) is 5.33. The van der Waals surface area contributed by atoms with Gasteiger partial charge in [-0.05, 0) is 25.9 Å². The third-order valence-corrected chi connectivity index (χ3v) is 3.61. The monoisotopic (exact) mass is 182 g/mol. The zero-order valence-corrected chi connectivity index (χ0v) is 9.00. The van der Waals surface area contributed by atoms with E-state index in [-0.39, 0.29) is 0 Å². The fraction of sp³-hybridized carbons (Fsp3) is 1.00. The zero-order valence-electron chi connectivity index (χ0n) is 9.00. The molecule has 0 aromatic carbocycles. The smallest absolute Gasteiger partial charge is 0.0241 e. The predicted molar refractivity (Wildman–Crippen MR) is 55.9 cm³/mol. The summed E-state index contributed by atoms with van der Waals surface area (Å²) in [7, 11) is 0. The van der Waals surface area contributed by atoms with Crippen LogP contribution in [0.25, 0.3) is 0 Å². The molecule has 3 fully saturated rings. The van der Waals surface area contributed by atoms with Gasteiger partial charge in [0, 0.05) is 25.2 Å². The minimum absolute atomic E-state index is 0.903. The zero-order chi connectivity index (χ0) is 9.26. The summed E-state index contributed by atoms with van der Waals surface area (Å²) >= 11 is 0. The van der Waals surface area contributed by atoms with Gasteiger partial charge in [0.1, 0.15) is 0 Å². The van der Waals surface area contributed by atoms with Crippen LogP contribution in [0.5, 0.6) is 0 Å². The summed E-state index contributed by atoms with van der Waals surface area (Å²) in [5.74, 6) is 0. The number of hydrogen-bond donors (Lipinski definition) is 0. The molecule has 2 bridgehead atoms. The molecule has 2 atom stereocenters. The highest BCUT2D eigenvalue weighted by Crippen LogP contribution is 2.31. The SMILES string of the molecule is CCCCN1CC2CC(C1)N2CC. The topological polar surface area (TPSA) is 6.48 Å². The third kappa shape index (κ3) is 1.75. The number of fused-ring (bicyclic) bond motifs is 2. The van der Waals surface area contributed by atoms with E-state index in [1.807, 2.05) is 0 Å². The molecule has 3 aliphatic rings. The molecule has 0 aromatic rings. The highest BCUT2D eigenvalue weighted by atomic mass is 15.3. The molecule has 2 heteroatoms. The van der Waals surface area contributed by atoms with E-state index in [9.17, 15) is 0 Å². The maximum atomic E-state index is 2.67. The first-order valence-corrected chi connectivity index (χ1v) is 5.83. The lowest BCUT2D eigenvalue weighted by atomic mass is 9.87. The average Bonchev–Trinajstić information content (AvgIpc) is 2.16. The van der Waals surface area contributed by atoms with Gasteiger partial charge in [0.25, 0.3) is 0 Å². The van der Waals surface area contributed by atoms with Gasteiger partial charge in [-0.2, -0.15) is 0 Å². The van der Waals surface area contributed by atoms with Crippen LogP contribution in [-0.2, 0) is 0 Å². The van der Waals surface area contributed by atoms with Gasteiger partial charge in [0.2, 0.25) is 0 Å². The fourth-order valence-electron chi connectivity index (χ4n) is 2.86. The first kappa shape index (κ1) is 9.47. The molecule has 0 spiro atoms. The van der Waals surface area contributed by atoms with E-state index in [2.05, 4.69) is 23.6 Å². The molecule has 0 saturated carbocycles. The Morgan fingerprint density at radius 1 is 1.15 bits per heavy atom. The Kier molecular flexibility index (Phi) is 2.89. The van der Waals surface area contributed by atoms with Gasteiger partial charge >= 0.3 is 0 Å². The molecule has 2 nitrogen and oxygen atoms in total. The second kappa shape index (κ2) is 3.97. The fourth-order valence-corrected chi connectivity index (χ4v) is 2.86. The normalized spacial score (nSPS) is 34.6. The van der Waals surface area contributed by atoms with E-state index in [0.717, 1.165) is 12.1 Å². The molecule has 0 radical (unpaired) electrons. The lowest BCUT2D eigenvalue weighted by Gasteiger charge is -2.56. The van der Waals surface area contributed by atoms with Crippen LogP contribution < -0.4 is 0 Å². The lowest BCUT2D eigenvalue weighted by molar-refractivity contribution is -0.0653. The van der Waals surface area contributed by atoms with E-state index in [1.54, 1.807) is 0 Å². The predicted octanol–water partition coefficient (Wildman–Crippen LogP) is 1.56. The highest BCUT2D eigenvalue weighted by Gasteiger charge is 2.42. The Morgan fingerprint density at radius 2 is 1.85 bits per heavy atom. The van der Waals surface area contributed by atoms with Crippen molar-refractivity contribution in [3.05, 3.63) is 0 Å². The van der Waals surface area contributed by atoms with E-state index in [0.29, 0.717) is 0 Å². The van der Waals surface area contributed by atoms with Gasteiger partial charge < -0.3 is 4.90 Å². The van der Waals surface area contributed by atoms with Crippen LogP contribution in [0, 0.1) is 0 Å². The number of piperidine rings is 1. The van der Waals surface area contributed by atoms with Crippen LogP contribution in [0.4, 0.5) is 0 Å². The Bertz CT molecular complexity index is 157. The van der Waals surface area contributed by atoms with E-state index in [4.69, 9.17) is 0 Å². The first-order chi connectivity index (χ1) is 6.35. The first-order valence-electron chi connectivity index (χ1n) is 5.83. The molecule has 2 unspecified atom stereocenters. The maximum Gasteiger partial charge on any atom is 0.0241 e. The van der Waals surface area contributed by atoms with Crippen molar-refractivity contribution in [1.82, 2.24) is 9.80 Å². The van der Waals surface area contributed by atoms with E-state index < -0.39 is 0 Å². The van der Waals surface area contributed by atoms with Crippen molar-refractivity contribution in [3.63, 3.8) is 0 Å². The minimum Gasteiger partial charge on any atom is -0.300 e. The van der Waals surface area contributed by atoms with Crippen molar-refractivity contribution < 1.29 is 0 Å². The highest BCUT2D eigenvalue weighted by molar-refractivity contribution is 4.99. The van der Waals surface area contributed by atoms with Crippen molar-refractivity contribution in [3.8, 4) is 0 Å². The maximum absolute atomic E-state index is 2.67. The van der Waals surface area contributed by atoms with Crippen LogP contribution in [0.3, 0.4) is 0 Å². The number of hydrogen-bond acceptors (Lipinski definition) is 2. The average molecular weight is 182 g/mol. The van der Waals surface area contributed by atoms with Crippen molar-refractivity contribution in [2.75, 3.05) is 26.2 Å². The summed E-state index contributed by atoms with van der Waals surface area (Å²) in [6.07, 6.45) is 4.19. The molecule has 3 aliphatic heterocycles. The Labute approximate surface area is 81.9 Å². The van der Waals surface area contributed by atoms with Gasteiger partial charge in [0.15, 0.2) is 0 Å². The number of piperazine rings is 1. The van der Waals surface area contributed by atoms with Crippen LogP contribution in [0.2, 0.25) is 0 Å². The van der Waals surface area contributed by atoms with Gasteiger partial charge in [-0.1, -0.05) is 20.3 Å². The molecule has 13 heavy (non-hydrogen) atoms. The van der Waals surface area contributed by atoms with Gasteiger partial charge in [-0.15, -0.1) is 0 Å². The number of rotatable bonds is 4. The second-order valence-corrected chi connectivity index (χ2v) is 4.49.